The second-order valence-electron chi connectivity index (χ2n) is 8.23. The summed E-state index contributed by atoms with van der Waals surface area (Å²) < 4.78 is 5.82. The first-order valence-electron chi connectivity index (χ1n) is 10.6. The van der Waals surface area contributed by atoms with Crippen LogP contribution in [0.1, 0.15) is 57.6 Å². The van der Waals surface area contributed by atoms with Crippen molar-refractivity contribution in [3.8, 4) is 5.75 Å². The number of rotatable bonds is 6. The van der Waals surface area contributed by atoms with Gasteiger partial charge in [0.2, 0.25) is 0 Å². The van der Waals surface area contributed by atoms with Crippen LogP contribution in [0.2, 0.25) is 0 Å². The Morgan fingerprint density at radius 1 is 1.22 bits per heavy atom. The molecule has 5 rings (SSSR count). The molecule has 4 heteroatoms. The number of hydrogen-bond donors (Lipinski definition) is 1. The van der Waals surface area contributed by atoms with Crippen LogP contribution in [0.15, 0.2) is 30.5 Å². The van der Waals surface area contributed by atoms with Crippen LogP contribution >= 0.6 is 0 Å². The van der Waals surface area contributed by atoms with Crippen LogP contribution in [0.4, 0.5) is 0 Å². The van der Waals surface area contributed by atoms with E-state index < -0.39 is 6.10 Å². The first-order chi connectivity index (χ1) is 13.2. The first kappa shape index (κ1) is 18.7. The lowest BCUT2D eigenvalue weighted by molar-refractivity contribution is 0.0313. The normalized spacial score (nSPS) is 28.9. The van der Waals surface area contributed by atoms with Gasteiger partial charge in [-0.05, 0) is 73.9 Å². The van der Waals surface area contributed by atoms with Crippen LogP contribution in [-0.4, -0.2) is 40.7 Å². The lowest BCUT2D eigenvalue weighted by atomic mass is 9.83. The third-order valence-corrected chi connectivity index (χ3v) is 6.65. The van der Waals surface area contributed by atoms with Crippen LogP contribution < -0.4 is 4.74 Å². The van der Waals surface area contributed by atoms with Crippen molar-refractivity contribution in [1.82, 2.24) is 9.88 Å². The van der Waals surface area contributed by atoms with E-state index in [-0.39, 0.29) is 6.04 Å². The van der Waals surface area contributed by atoms with Gasteiger partial charge < -0.3 is 9.84 Å². The van der Waals surface area contributed by atoms with E-state index in [1.165, 1.54) is 19.3 Å². The number of ether oxygens (including phenoxy) is 1. The van der Waals surface area contributed by atoms with Gasteiger partial charge in [-0.1, -0.05) is 20.3 Å². The van der Waals surface area contributed by atoms with Crippen molar-refractivity contribution in [1.29, 1.82) is 0 Å². The van der Waals surface area contributed by atoms with E-state index in [2.05, 4.69) is 29.8 Å². The molecule has 1 aromatic carbocycles. The molecule has 5 atom stereocenters. The fourth-order valence-electron chi connectivity index (χ4n) is 5.10. The standard InChI is InChI=1S/C23H32N2O2/c1-3-13-27-18-6-7-21-20(14-18)19(9-11-24-21)23(26)22-8-5-17-10-12-25(22)15-16(17)4-2/h6-7,9,11,14,16-17,22-23,26H,3-5,8,10,12-13,15H2,1-2H3/t16?,17?,22-,23-/m1/s1. The highest BCUT2D eigenvalue weighted by Gasteiger charge is 2.39. The van der Waals surface area contributed by atoms with Gasteiger partial charge in [-0.15, -0.1) is 0 Å². The van der Waals surface area contributed by atoms with Crippen LogP contribution in [-0.2, 0) is 0 Å². The molecule has 0 amide bonds. The molecule has 0 radical (unpaired) electrons. The summed E-state index contributed by atoms with van der Waals surface area (Å²) in [5.41, 5.74) is 1.92. The molecule has 4 nitrogen and oxygen atoms in total. The van der Waals surface area contributed by atoms with E-state index in [1.54, 1.807) is 0 Å². The number of hydrogen-bond acceptors (Lipinski definition) is 4. The molecule has 2 bridgehead atoms. The van der Waals surface area contributed by atoms with Crippen LogP contribution in [0.25, 0.3) is 10.9 Å². The zero-order valence-electron chi connectivity index (χ0n) is 16.6. The fourth-order valence-corrected chi connectivity index (χ4v) is 5.10. The largest absolute Gasteiger partial charge is 0.494 e. The number of benzene rings is 1. The van der Waals surface area contributed by atoms with E-state index in [1.807, 2.05) is 24.4 Å². The lowest BCUT2D eigenvalue weighted by Crippen LogP contribution is -2.44. The molecule has 2 aromatic rings. The number of pyridine rings is 1. The minimum atomic E-state index is -0.480. The van der Waals surface area contributed by atoms with Crippen molar-refractivity contribution >= 4 is 10.9 Å². The van der Waals surface area contributed by atoms with Crippen LogP contribution in [0.5, 0.6) is 5.75 Å². The lowest BCUT2D eigenvalue weighted by Gasteiger charge is -2.39. The van der Waals surface area contributed by atoms with E-state index in [0.29, 0.717) is 6.61 Å². The Morgan fingerprint density at radius 2 is 2.11 bits per heavy atom. The van der Waals surface area contributed by atoms with E-state index in [0.717, 1.165) is 60.0 Å². The molecule has 1 aromatic heterocycles. The smallest absolute Gasteiger partial charge is 0.120 e. The topological polar surface area (TPSA) is 45.6 Å². The second-order valence-corrected chi connectivity index (χ2v) is 8.23. The van der Waals surface area contributed by atoms with Crippen molar-refractivity contribution < 1.29 is 9.84 Å². The third-order valence-electron chi connectivity index (χ3n) is 6.65. The summed E-state index contributed by atoms with van der Waals surface area (Å²) in [4.78, 5) is 7.05. The maximum atomic E-state index is 11.4. The van der Waals surface area contributed by atoms with Gasteiger partial charge >= 0.3 is 0 Å². The number of aromatic nitrogens is 1. The molecule has 3 unspecified atom stereocenters. The Balaban J connectivity index is 1.64. The zero-order valence-corrected chi connectivity index (χ0v) is 16.6. The van der Waals surface area contributed by atoms with Crippen molar-refractivity contribution in [2.24, 2.45) is 11.8 Å². The summed E-state index contributed by atoms with van der Waals surface area (Å²) in [6, 6.07) is 8.23. The molecule has 3 fully saturated rings. The molecule has 4 heterocycles. The summed E-state index contributed by atoms with van der Waals surface area (Å²) in [6.07, 6.45) is 7.19. The fraction of sp³-hybridized carbons (Fsp3) is 0.609. The van der Waals surface area contributed by atoms with Gasteiger partial charge in [0, 0.05) is 24.2 Å². The maximum absolute atomic E-state index is 11.4. The van der Waals surface area contributed by atoms with Crippen molar-refractivity contribution in [2.45, 2.75) is 58.1 Å². The molecule has 146 valence electrons. The molecule has 3 aliphatic heterocycles. The van der Waals surface area contributed by atoms with Gasteiger partial charge in [-0.3, -0.25) is 9.88 Å². The summed E-state index contributed by atoms with van der Waals surface area (Å²) in [6.45, 7) is 7.39. The molecule has 1 N–H and O–H groups in total. The highest BCUT2D eigenvalue weighted by atomic mass is 16.5. The number of aliphatic hydroxyl groups excluding tert-OH is 1. The predicted molar refractivity (Wildman–Crippen MR) is 109 cm³/mol. The van der Waals surface area contributed by atoms with Gasteiger partial charge in [0.1, 0.15) is 5.75 Å². The first-order valence-corrected chi connectivity index (χ1v) is 10.6. The minimum Gasteiger partial charge on any atom is -0.494 e. The Labute approximate surface area is 162 Å². The quantitative estimate of drug-likeness (QED) is 0.811. The molecule has 3 aliphatic rings. The molecule has 0 spiro atoms. The maximum Gasteiger partial charge on any atom is 0.120 e. The second kappa shape index (κ2) is 8.15. The van der Waals surface area contributed by atoms with Gasteiger partial charge in [0.05, 0.1) is 18.2 Å². The predicted octanol–water partition coefficient (Wildman–Crippen LogP) is 4.57. The van der Waals surface area contributed by atoms with Gasteiger partial charge in [-0.2, -0.15) is 0 Å². The minimum absolute atomic E-state index is 0.206. The number of aliphatic hydroxyl groups is 1. The van der Waals surface area contributed by atoms with Crippen molar-refractivity contribution in [2.75, 3.05) is 19.7 Å². The third kappa shape index (κ3) is 3.70. The summed E-state index contributed by atoms with van der Waals surface area (Å²) >= 11 is 0. The van der Waals surface area contributed by atoms with Gasteiger partial charge in [0.25, 0.3) is 0 Å². The Bertz CT molecular complexity index is 778. The van der Waals surface area contributed by atoms with Crippen molar-refractivity contribution in [3.05, 3.63) is 36.0 Å². The summed E-state index contributed by atoms with van der Waals surface area (Å²) in [7, 11) is 0. The summed E-state index contributed by atoms with van der Waals surface area (Å²) in [5.74, 6) is 2.49. The SMILES string of the molecule is CCCOc1ccc2nccc([C@@H](O)[C@H]3CCC4CCN3CC4CC)c2c1. The highest BCUT2D eigenvalue weighted by molar-refractivity contribution is 5.83. The Kier molecular flexibility index (Phi) is 5.65. The molecular formula is C23H32N2O2. The average Bonchev–Trinajstić information content (AvgIpc) is 3.03. The average molecular weight is 369 g/mol. The highest BCUT2D eigenvalue weighted by Crippen LogP contribution is 2.40. The zero-order chi connectivity index (χ0) is 18.8. The van der Waals surface area contributed by atoms with E-state index in [9.17, 15) is 5.11 Å². The van der Waals surface area contributed by atoms with Crippen molar-refractivity contribution in [3.63, 3.8) is 0 Å². The molecule has 0 aliphatic carbocycles. The van der Waals surface area contributed by atoms with Gasteiger partial charge in [-0.25, -0.2) is 0 Å². The molecular weight excluding hydrogens is 336 g/mol. The Hall–Kier alpha value is -1.65. The van der Waals surface area contributed by atoms with Crippen LogP contribution in [0, 0.1) is 11.8 Å². The number of fused-ring (bicyclic) bond motifs is 5. The Morgan fingerprint density at radius 3 is 2.93 bits per heavy atom. The molecule has 27 heavy (non-hydrogen) atoms. The molecule has 3 saturated heterocycles. The summed E-state index contributed by atoms with van der Waals surface area (Å²) in [5, 5.41) is 12.4. The van der Waals surface area contributed by atoms with E-state index in [4.69, 9.17) is 4.74 Å². The monoisotopic (exact) mass is 368 g/mol. The van der Waals surface area contributed by atoms with E-state index >= 15 is 0 Å². The van der Waals surface area contributed by atoms with Gasteiger partial charge in [0.15, 0.2) is 0 Å². The molecule has 0 saturated carbocycles. The van der Waals surface area contributed by atoms with Crippen LogP contribution in [0.3, 0.4) is 0 Å². The number of piperidine rings is 1. The number of nitrogens with zero attached hydrogens (tertiary/aromatic N) is 2.